The van der Waals surface area contributed by atoms with Gasteiger partial charge in [-0.05, 0) is 111 Å². The Labute approximate surface area is 196 Å². The van der Waals surface area contributed by atoms with Crippen molar-refractivity contribution in [1.82, 2.24) is 9.80 Å². The van der Waals surface area contributed by atoms with Gasteiger partial charge in [0.25, 0.3) is 0 Å². The fraction of sp³-hybridized carbons (Fsp3) is 1.00. The minimum Gasteiger partial charge on any atom is -0.391 e. The molecule has 4 unspecified atom stereocenters. The summed E-state index contributed by atoms with van der Waals surface area (Å²) in [5.74, 6) is 4.20. The van der Waals surface area contributed by atoms with E-state index in [1.165, 1.54) is 70.9 Å². The van der Waals surface area contributed by atoms with Crippen LogP contribution in [0.25, 0.3) is 0 Å². The van der Waals surface area contributed by atoms with Crippen molar-refractivity contribution in [2.45, 2.75) is 96.7 Å². The van der Waals surface area contributed by atoms with Gasteiger partial charge in [-0.15, -0.1) is 0 Å². The van der Waals surface area contributed by atoms with Gasteiger partial charge in [0.15, 0.2) is 0 Å². The van der Waals surface area contributed by atoms with Gasteiger partial charge in [-0.1, -0.05) is 20.8 Å². The molecule has 0 amide bonds. The van der Waals surface area contributed by atoms with Gasteiger partial charge < -0.3 is 9.84 Å². The van der Waals surface area contributed by atoms with Crippen LogP contribution in [-0.4, -0.2) is 72.5 Å². The van der Waals surface area contributed by atoms with Crippen molar-refractivity contribution < 1.29 is 9.84 Å². The number of rotatable bonds is 2. The SMILES string of the molecule is C[C@H]1CC2CCC3C(CC[C@@]4(C)C3C[C@H](N3CCCC3)[C@@H]4O)[C@@]2(C)C[C@@H]1N1CCOCC1. The van der Waals surface area contributed by atoms with Crippen LogP contribution in [0.2, 0.25) is 0 Å². The molecule has 0 aromatic rings. The third-order valence-corrected chi connectivity index (χ3v) is 12.1. The van der Waals surface area contributed by atoms with Crippen molar-refractivity contribution in [1.29, 1.82) is 0 Å². The number of hydrogen-bond donors (Lipinski definition) is 1. The maximum atomic E-state index is 11.6. The standard InChI is InChI=1S/C28H48N2O2/c1-19-16-20-6-7-21-22(28(20,3)18-25(19)30-12-14-32-15-13-30)8-9-27(2)23(21)17-24(26(27)31)29-10-4-5-11-29/h19-26,31H,4-18H2,1-3H3/t19-,20?,21?,22?,23?,24-,25-,26-,27-,28-/m0/s1. The number of aliphatic hydroxyl groups excluding tert-OH is 1. The van der Waals surface area contributed by atoms with E-state index in [9.17, 15) is 5.11 Å². The Morgan fingerprint density at radius 3 is 2.28 bits per heavy atom. The first-order valence-electron chi connectivity index (χ1n) is 14.2. The number of likely N-dealkylation sites (tertiary alicyclic amines) is 1. The molecule has 4 aliphatic carbocycles. The summed E-state index contributed by atoms with van der Waals surface area (Å²) in [6.07, 6.45) is 12.1. The molecule has 182 valence electrons. The monoisotopic (exact) mass is 444 g/mol. The number of fused-ring (bicyclic) bond motifs is 5. The van der Waals surface area contributed by atoms with Crippen molar-refractivity contribution in [3.05, 3.63) is 0 Å². The van der Waals surface area contributed by atoms with E-state index in [0.717, 1.165) is 61.9 Å². The number of hydrogen-bond acceptors (Lipinski definition) is 4. The molecule has 6 rings (SSSR count). The van der Waals surface area contributed by atoms with Crippen LogP contribution in [-0.2, 0) is 4.74 Å². The van der Waals surface area contributed by atoms with Gasteiger partial charge in [-0.25, -0.2) is 0 Å². The van der Waals surface area contributed by atoms with E-state index in [1.54, 1.807) is 0 Å². The van der Waals surface area contributed by atoms with Crippen molar-refractivity contribution in [3.63, 3.8) is 0 Å². The molecule has 4 saturated carbocycles. The summed E-state index contributed by atoms with van der Waals surface area (Å²) in [4.78, 5) is 5.45. The lowest BCUT2D eigenvalue weighted by Gasteiger charge is -2.62. The number of ether oxygens (including phenoxy) is 1. The summed E-state index contributed by atoms with van der Waals surface area (Å²) in [6, 6.07) is 1.18. The summed E-state index contributed by atoms with van der Waals surface area (Å²) in [5.41, 5.74) is 0.652. The summed E-state index contributed by atoms with van der Waals surface area (Å²) in [5, 5.41) is 11.6. The van der Waals surface area contributed by atoms with Crippen LogP contribution in [0.3, 0.4) is 0 Å². The molecule has 2 saturated heterocycles. The maximum absolute atomic E-state index is 11.6. The van der Waals surface area contributed by atoms with Crippen molar-refractivity contribution in [3.8, 4) is 0 Å². The largest absolute Gasteiger partial charge is 0.391 e. The first-order chi connectivity index (χ1) is 15.4. The summed E-state index contributed by atoms with van der Waals surface area (Å²) in [6.45, 7) is 14.3. The average Bonchev–Trinajstić information content (AvgIpc) is 3.41. The first kappa shape index (κ1) is 22.3. The second-order valence-electron chi connectivity index (χ2n) is 13.3. The maximum Gasteiger partial charge on any atom is 0.0751 e. The van der Waals surface area contributed by atoms with Crippen LogP contribution >= 0.6 is 0 Å². The lowest BCUT2D eigenvalue weighted by molar-refractivity contribution is -0.145. The van der Waals surface area contributed by atoms with Gasteiger partial charge in [0.1, 0.15) is 0 Å². The predicted molar refractivity (Wildman–Crippen MR) is 128 cm³/mol. The Hall–Kier alpha value is -0.160. The molecule has 4 nitrogen and oxygen atoms in total. The van der Waals surface area contributed by atoms with Crippen molar-refractivity contribution >= 4 is 0 Å². The highest BCUT2D eigenvalue weighted by molar-refractivity contribution is 5.14. The van der Waals surface area contributed by atoms with E-state index in [2.05, 4.69) is 30.6 Å². The average molecular weight is 445 g/mol. The van der Waals surface area contributed by atoms with E-state index < -0.39 is 0 Å². The number of aliphatic hydroxyl groups is 1. The molecule has 6 fully saturated rings. The molecule has 0 radical (unpaired) electrons. The molecular weight excluding hydrogens is 396 g/mol. The molecule has 6 aliphatic rings. The molecule has 0 bridgehead atoms. The van der Waals surface area contributed by atoms with Gasteiger partial charge in [-0.2, -0.15) is 0 Å². The van der Waals surface area contributed by atoms with Gasteiger partial charge in [0.2, 0.25) is 0 Å². The Bertz CT molecular complexity index is 689. The molecular formula is C28H48N2O2. The third kappa shape index (κ3) is 3.29. The van der Waals surface area contributed by atoms with E-state index in [0.29, 0.717) is 11.5 Å². The Kier molecular flexibility index (Phi) is 5.72. The smallest absolute Gasteiger partial charge is 0.0751 e. The minimum atomic E-state index is -0.107. The third-order valence-electron chi connectivity index (χ3n) is 12.1. The molecule has 10 atom stereocenters. The van der Waals surface area contributed by atoms with E-state index in [4.69, 9.17) is 4.74 Å². The second kappa shape index (κ2) is 8.21. The molecule has 1 N–H and O–H groups in total. The summed E-state index contributed by atoms with van der Waals surface area (Å²) >= 11 is 0. The Balaban J connectivity index is 1.25. The molecule has 0 spiro atoms. The fourth-order valence-electron chi connectivity index (χ4n) is 10.3. The van der Waals surface area contributed by atoms with Crippen molar-refractivity contribution in [2.24, 2.45) is 40.4 Å². The van der Waals surface area contributed by atoms with E-state index >= 15 is 0 Å². The highest BCUT2D eigenvalue weighted by Gasteiger charge is 2.63. The zero-order valence-electron chi connectivity index (χ0n) is 21.0. The quantitative estimate of drug-likeness (QED) is 0.684. The zero-order chi connectivity index (χ0) is 22.1. The second-order valence-corrected chi connectivity index (χ2v) is 13.3. The highest BCUT2D eigenvalue weighted by Crippen LogP contribution is 2.67. The normalized spacial score (nSPS) is 54.8. The lowest BCUT2D eigenvalue weighted by Crippen LogP contribution is -2.59. The molecule has 2 heterocycles. The van der Waals surface area contributed by atoms with E-state index in [1.807, 2.05) is 0 Å². The predicted octanol–water partition coefficient (Wildman–Crippen LogP) is 4.41. The van der Waals surface area contributed by atoms with Crippen LogP contribution < -0.4 is 0 Å². The van der Waals surface area contributed by atoms with Crippen LogP contribution in [0.5, 0.6) is 0 Å². The molecule has 2 aliphatic heterocycles. The number of morpholine rings is 1. The van der Waals surface area contributed by atoms with Gasteiger partial charge in [-0.3, -0.25) is 9.80 Å². The Morgan fingerprint density at radius 1 is 0.812 bits per heavy atom. The van der Waals surface area contributed by atoms with Crippen LogP contribution in [0.1, 0.15) is 78.6 Å². The van der Waals surface area contributed by atoms with Crippen molar-refractivity contribution in [2.75, 3.05) is 39.4 Å². The Morgan fingerprint density at radius 2 is 1.53 bits per heavy atom. The number of nitrogens with zero attached hydrogens (tertiary/aromatic N) is 2. The minimum absolute atomic E-state index is 0.107. The molecule has 0 aromatic carbocycles. The first-order valence-corrected chi connectivity index (χ1v) is 14.2. The summed E-state index contributed by atoms with van der Waals surface area (Å²) < 4.78 is 5.69. The topological polar surface area (TPSA) is 35.9 Å². The lowest BCUT2D eigenvalue weighted by atomic mass is 9.44. The van der Waals surface area contributed by atoms with E-state index in [-0.39, 0.29) is 11.5 Å². The molecule has 4 heteroatoms. The molecule has 0 aromatic heterocycles. The van der Waals surface area contributed by atoms with Gasteiger partial charge in [0, 0.05) is 25.2 Å². The molecule has 32 heavy (non-hydrogen) atoms. The fourth-order valence-corrected chi connectivity index (χ4v) is 10.3. The van der Waals surface area contributed by atoms with Crippen LogP contribution in [0.15, 0.2) is 0 Å². The van der Waals surface area contributed by atoms with Gasteiger partial charge >= 0.3 is 0 Å². The van der Waals surface area contributed by atoms with Gasteiger partial charge in [0.05, 0.1) is 19.3 Å². The van der Waals surface area contributed by atoms with Crippen LogP contribution in [0, 0.1) is 40.4 Å². The van der Waals surface area contributed by atoms with Crippen LogP contribution in [0.4, 0.5) is 0 Å². The summed E-state index contributed by atoms with van der Waals surface area (Å²) in [7, 11) is 0. The highest BCUT2D eigenvalue weighted by atomic mass is 16.5. The zero-order valence-corrected chi connectivity index (χ0v) is 21.0.